The van der Waals surface area contributed by atoms with Crippen molar-refractivity contribution in [2.75, 3.05) is 56.5 Å². The Bertz CT molecular complexity index is 1230. The van der Waals surface area contributed by atoms with Crippen LogP contribution in [-0.2, 0) is 16.1 Å². The van der Waals surface area contributed by atoms with Crippen molar-refractivity contribution in [1.29, 1.82) is 0 Å². The van der Waals surface area contributed by atoms with Crippen molar-refractivity contribution in [2.24, 2.45) is 0 Å². The minimum atomic E-state index is -0.123. The second-order valence-corrected chi connectivity index (χ2v) is 9.15. The Hall–Kier alpha value is -4.05. The Morgan fingerprint density at radius 1 is 0.944 bits per heavy atom. The highest BCUT2D eigenvalue weighted by molar-refractivity contribution is 5.86. The molecule has 1 aromatic carbocycles. The van der Waals surface area contributed by atoms with Gasteiger partial charge in [-0.25, -0.2) is 15.0 Å². The highest BCUT2D eigenvalue weighted by Gasteiger charge is 2.25. The van der Waals surface area contributed by atoms with Crippen molar-refractivity contribution in [3.8, 4) is 11.3 Å². The molecule has 1 atom stereocenters. The molecule has 2 N–H and O–H groups in total. The average molecular weight is 487 g/mol. The van der Waals surface area contributed by atoms with Crippen LogP contribution in [0.2, 0.25) is 0 Å². The number of benzene rings is 1. The summed E-state index contributed by atoms with van der Waals surface area (Å²) in [6, 6.07) is 13.9. The first kappa shape index (κ1) is 23.7. The maximum atomic E-state index is 12.7. The molecule has 0 saturated carbocycles. The monoisotopic (exact) mass is 486 g/mol. The van der Waals surface area contributed by atoms with E-state index in [1.165, 1.54) is 0 Å². The number of hydrogen-bond acceptors (Lipinski definition) is 8. The highest BCUT2D eigenvalue weighted by atomic mass is 16.2. The second-order valence-electron chi connectivity index (χ2n) is 9.15. The van der Waals surface area contributed by atoms with Gasteiger partial charge in [-0.2, -0.15) is 0 Å². The molecular weight excluding hydrogens is 456 g/mol. The molecule has 8 rings (SSSR count). The van der Waals surface area contributed by atoms with Crippen LogP contribution in [0.1, 0.15) is 12.0 Å². The van der Waals surface area contributed by atoms with Gasteiger partial charge in [0.1, 0.15) is 5.82 Å². The van der Waals surface area contributed by atoms with Gasteiger partial charge in [0.15, 0.2) is 0 Å². The lowest BCUT2D eigenvalue weighted by molar-refractivity contribution is -0.140. The van der Waals surface area contributed by atoms with E-state index in [-0.39, 0.29) is 18.4 Å². The van der Waals surface area contributed by atoms with Gasteiger partial charge in [-0.3, -0.25) is 14.5 Å². The zero-order valence-electron chi connectivity index (χ0n) is 20.4. The quantitative estimate of drug-likeness (QED) is 0.496. The fourth-order valence-electron chi connectivity index (χ4n) is 4.43. The third kappa shape index (κ3) is 5.77. The van der Waals surface area contributed by atoms with Crippen LogP contribution in [0.4, 0.5) is 17.5 Å². The van der Waals surface area contributed by atoms with Crippen LogP contribution in [0.15, 0.2) is 54.9 Å². The van der Waals surface area contributed by atoms with Crippen molar-refractivity contribution >= 4 is 29.3 Å². The number of hydrogen-bond donors (Lipinski definition) is 2. The lowest BCUT2D eigenvalue weighted by Crippen LogP contribution is -2.52. The summed E-state index contributed by atoms with van der Waals surface area (Å²) in [7, 11) is 1.98. The van der Waals surface area contributed by atoms with Gasteiger partial charge in [0.2, 0.25) is 17.8 Å². The minimum Gasteiger partial charge on any atom is -0.360 e. The Morgan fingerprint density at radius 2 is 1.86 bits per heavy atom. The van der Waals surface area contributed by atoms with E-state index >= 15 is 0 Å². The van der Waals surface area contributed by atoms with E-state index in [9.17, 15) is 9.59 Å². The lowest BCUT2D eigenvalue weighted by Gasteiger charge is -2.34. The summed E-state index contributed by atoms with van der Waals surface area (Å²) in [6.07, 6.45) is 4.31. The molecule has 3 aromatic rings. The molecule has 2 amide bonds. The van der Waals surface area contributed by atoms with E-state index in [0.29, 0.717) is 32.1 Å². The van der Waals surface area contributed by atoms with Crippen LogP contribution < -0.4 is 15.5 Å². The number of piperazine rings is 1. The summed E-state index contributed by atoms with van der Waals surface area (Å²) in [4.78, 5) is 44.5. The number of carbonyl (C=O) groups excluding carboxylic acids is 2. The van der Waals surface area contributed by atoms with E-state index in [2.05, 4.69) is 30.5 Å². The zero-order chi connectivity index (χ0) is 24.9. The van der Waals surface area contributed by atoms with E-state index in [0.717, 1.165) is 47.8 Å². The van der Waals surface area contributed by atoms with Gasteiger partial charge in [-0.1, -0.05) is 12.1 Å². The van der Waals surface area contributed by atoms with Crippen LogP contribution in [0.3, 0.4) is 0 Å². The summed E-state index contributed by atoms with van der Waals surface area (Å²) in [5.41, 5.74) is 3.64. The van der Waals surface area contributed by atoms with Crippen molar-refractivity contribution in [3.63, 3.8) is 0 Å². The van der Waals surface area contributed by atoms with Crippen LogP contribution in [0, 0.1) is 0 Å². The summed E-state index contributed by atoms with van der Waals surface area (Å²) in [5, 5.41) is 6.23. The normalized spacial score (nSPS) is 19.1. The molecule has 10 nitrogen and oxygen atoms in total. The number of carbonyl (C=O) groups is 2. The van der Waals surface area contributed by atoms with E-state index < -0.39 is 0 Å². The van der Waals surface area contributed by atoms with Gasteiger partial charge < -0.3 is 20.4 Å². The molecule has 5 aliphatic heterocycles. The molecule has 8 bridgehead atoms. The van der Waals surface area contributed by atoms with E-state index in [1.807, 2.05) is 60.6 Å². The minimum absolute atomic E-state index is 0.0247. The molecule has 5 aliphatic rings. The topological polar surface area (TPSA) is 107 Å². The van der Waals surface area contributed by atoms with E-state index in [1.54, 1.807) is 11.1 Å². The van der Waals surface area contributed by atoms with Gasteiger partial charge in [-0.15, -0.1) is 0 Å². The Balaban J connectivity index is 1.39. The fourth-order valence-corrected chi connectivity index (χ4v) is 4.43. The van der Waals surface area contributed by atoms with Gasteiger partial charge >= 0.3 is 0 Å². The SMILES string of the molecule is CN1CCCNC(=O)CN2CCN(CC2=O)Cc2cccc(c2)Nc2nccc(n2)-c2ccc1nc2. The third-order valence-corrected chi connectivity index (χ3v) is 6.40. The molecule has 0 radical (unpaired) electrons. The first-order valence-corrected chi connectivity index (χ1v) is 12.2. The molecule has 1 fully saturated rings. The molecule has 7 heterocycles. The number of rotatable bonds is 0. The number of amides is 2. The molecule has 36 heavy (non-hydrogen) atoms. The van der Waals surface area contributed by atoms with Gasteiger partial charge in [0.25, 0.3) is 0 Å². The number of nitrogens with zero attached hydrogens (tertiary/aromatic N) is 6. The Labute approximate surface area is 210 Å². The molecule has 10 heteroatoms. The fraction of sp³-hybridized carbons (Fsp3) is 0.346. The predicted octanol–water partition coefficient (Wildman–Crippen LogP) is 1.88. The molecule has 1 saturated heterocycles. The zero-order valence-corrected chi connectivity index (χ0v) is 20.4. The average Bonchev–Trinajstić information content (AvgIpc) is 2.88. The Morgan fingerprint density at radius 3 is 2.69 bits per heavy atom. The number of nitrogens with one attached hydrogen (secondary N) is 2. The van der Waals surface area contributed by atoms with Crippen LogP contribution in [0.5, 0.6) is 0 Å². The van der Waals surface area contributed by atoms with Crippen LogP contribution >= 0.6 is 0 Å². The smallest absolute Gasteiger partial charge is 0.239 e. The number of pyridine rings is 1. The van der Waals surface area contributed by atoms with Crippen molar-refractivity contribution in [1.82, 2.24) is 30.1 Å². The summed E-state index contributed by atoms with van der Waals surface area (Å²) < 4.78 is 0. The van der Waals surface area contributed by atoms with Crippen molar-refractivity contribution in [2.45, 2.75) is 13.0 Å². The summed E-state index contributed by atoms with van der Waals surface area (Å²) >= 11 is 0. The molecular formula is C26H30N8O2. The van der Waals surface area contributed by atoms with Crippen molar-refractivity contribution < 1.29 is 9.59 Å². The standard InChI is InChI=1S/C26H30N8O2/c1-32-11-3-9-27-24(35)17-34-13-12-33(18-25(34)36)16-19-4-2-5-21(14-19)30-26-28-10-8-22(31-26)20-6-7-23(32)29-15-20/h2,4-8,10,14-15H,3,9,11-13,16-18H2,1H3,(H,27,35)(H,28,30,31). The molecule has 1 unspecified atom stereocenters. The maximum absolute atomic E-state index is 12.7. The van der Waals surface area contributed by atoms with E-state index in [4.69, 9.17) is 0 Å². The van der Waals surface area contributed by atoms with Crippen molar-refractivity contribution in [3.05, 3.63) is 60.4 Å². The summed E-state index contributed by atoms with van der Waals surface area (Å²) in [6.45, 7) is 3.58. The van der Waals surface area contributed by atoms with Crippen LogP contribution in [-0.4, -0.2) is 82.9 Å². The van der Waals surface area contributed by atoms with Gasteiger partial charge in [0.05, 0.1) is 18.8 Å². The summed E-state index contributed by atoms with van der Waals surface area (Å²) in [5.74, 6) is 1.20. The largest absolute Gasteiger partial charge is 0.360 e. The molecule has 186 valence electrons. The molecule has 2 aromatic heterocycles. The number of aromatic nitrogens is 3. The highest BCUT2D eigenvalue weighted by Crippen LogP contribution is 2.22. The van der Waals surface area contributed by atoms with Gasteiger partial charge in [-0.05, 0) is 42.3 Å². The third-order valence-electron chi connectivity index (χ3n) is 6.40. The second kappa shape index (κ2) is 10.7. The van der Waals surface area contributed by atoms with Crippen LogP contribution in [0.25, 0.3) is 11.3 Å². The molecule has 0 spiro atoms. The van der Waals surface area contributed by atoms with Gasteiger partial charge in [0, 0.05) is 63.4 Å². The molecule has 0 aliphatic carbocycles. The Kier molecular flexibility index (Phi) is 7.03. The lowest BCUT2D eigenvalue weighted by atomic mass is 10.1. The first-order chi connectivity index (χ1) is 17.5. The predicted molar refractivity (Wildman–Crippen MR) is 138 cm³/mol. The number of anilines is 3. The maximum Gasteiger partial charge on any atom is 0.239 e. The first-order valence-electron chi connectivity index (χ1n) is 12.2.